The van der Waals surface area contributed by atoms with Gasteiger partial charge in [-0.2, -0.15) is 0 Å². The number of carboxylic acids is 1. The van der Waals surface area contributed by atoms with Crippen molar-refractivity contribution in [1.29, 1.82) is 0 Å². The van der Waals surface area contributed by atoms with Gasteiger partial charge in [-0.3, -0.25) is 4.79 Å². The molecule has 1 aliphatic heterocycles. The molecule has 1 saturated heterocycles. The second-order valence-corrected chi connectivity index (χ2v) is 3.50. The lowest BCUT2D eigenvalue weighted by Crippen LogP contribution is -2.50. The van der Waals surface area contributed by atoms with Crippen molar-refractivity contribution >= 4 is 11.9 Å². The molecule has 0 aromatic heterocycles. The molecule has 0 aromatic rings. The number of carboxylic acid groups (broad SMARTS) is 1. The zero-order valence-corrected chi connectivity index (χ0v) is 8.66. The molecule has 1 aliphatic rings. The third-order valence-corrected chi connectivity index (χ3v) is 2.32. The highest BCUT2D eigenvalue weighted by Gasteiger charge is 2.26. The van der Waals surface area contributed by atoms with Crippen LogP contribution in [0.15, 0.2) is 0 Å². The lowest BCUT2D eigenvalue weighted by molar-refractivity contribution is -0.143. The molecule has 86 valence electrons. The van der Waals surface area contributed by atoms with Gasteiger partial charge in [-0.05, 0) is 19.4 Å². The van der Waals surface area contributed by atoms with Crippen molar-refractivity contribution in [3.05, 3.63) is 0 Å². The topological polar surface area (TPSA) is 87.7 Å². The number of rotatable bonds is 5. The van der Waals surface area contributed by atoms with Crippen molar-refractivity contribution in [1.82, 2.24) is 10.6 Å². The van der Waals surface area contributed by atoms with Crippen LogP contribution < -0.4 is 10.6 Å². The number of hydrogen-bond acceptors (Lipinski definition) is 4. The molecule has 6 nitrogen and oxygen atoms in total. The molecule has 2 atom stereocenters. The summed E-state index contributed by atoms with van der Waals surface area (Å²) in [6.45, 7) is 0.786. The zero-order chi connectivity index (χ0) is 11.3. The Morgan fingerprint density at radius 3 is 2.87 bits per heavy atom. The predicted molar refractivity (Wildman–Crippen MR) is 52.5 cm³/mol. The second-order valence-electron chi connectivity index (χ2n) is 3.50. The third-order valence-electron chi connectivity index (χ3n) is 2.32. The molecule has 0 radical (unpaired) electrons. The van der Waals surface area contributed by atoms with Crippen LogP contribution in [0.1, 0.15) is 12.8 Å². The fourth-order valence-corrected chi connectivity index (χ4v) is 1.52. The summed E-state index contributed by atoms with van der Waals surface area (Å²) < 4.78 is 4.71. The number of aliphatic carboxylic acids is 1. The first-order valence-electron chi connectivity index (χ1n) is 4.90. The van der Waals surface area contributed by atoms with Crippen LogP contribution in [0.5, 0.6) is 0 Å². The predicted octanol–water partition coefficient (Wildman–Crippen LogP) is -1.05. The van der Waals surface area contributed by atoms with Crippen molar-refractivity contribution in [2.75, 3.05) is 20.3 Å². The Hall–Kier alpha value is -1.14. The summed E-state index contributed by atoms with van der Waals surface area (Å²) in [6.07, 6.45) is 1.70. The summed E-state index contributed by atoms with van der Waals surface area (Å²) in [7, 11) is 1.40. The molecule has 6 heteroatoms. The van der Waals surface area contributed by atoms with Crippen LogP contribution in [-0.4, -0.2) is 49.3 Å². The van der Waals surface area contributed by atoms with Gasteiger partial charge in [-0.25, -0.2) is 4.79 Å². The largest absolute Gasteiger partial charge is 0.480 e. The summed E-state index contributed by atoms with van der Waals surface area (Å²) in [6, 6.07) is -1.23. The summed E-state index contributed by atoms with van der Waals surface area (Å²) in [5, 5.41) is 14.2. The quantitative estimate of drug-likeness (QED) is 0.546. The number of carbonyl (C=O) groups excluding carboxylic acids is 1. The van der Waals surface area contributed by atoms with Crippen LogP contribution >= 0.6 is 0 Å². The van der Waals surface area contributed by atoms with Crippen LogP contribution in [-0.2, 0) is 14.3 Å². The Kier molecular flexibility index (Phi) is 4.51. The van der Waals surface area contributed by atoms with Crippen molar-refractivity contribution < 1.29 is 19.4 Å². The minimum absolute atomic E-state index is 0.0200. The SMILES string of the molecule is COCC(NC(=O)[C@@H]1CCCN1)C(=O)O. The van der Waals surface area contributed by atoms with Crippen LogP contribution in [0, 0.1) is 0 Å². The Morgan fingerprint density at radius 2 is 2.40 bits per heavy atom. The lowest BCUT2D eigenvalue weighted by atomic mass is 10.2. The van der Waals surface area contributed by atoms with E-state index in [2.05, 4.69) is 10.6 Å². The van der Waals surface area contributed by atoms with Crippen LogP contribution in [0.25, 0.3) is 0 Å². The van der Waals surface area contributed by atoms with E-state index in [9.17, 15) is 9.59 Å². The van der Waals surface area contributed by atoms with Crippen molar-refractivity contribution in [2.45, 2.75) is 24.9 Å². The molecule has 0 aliphatic carbocycles. The summed E-state index contributed by atoms with van der Waals surface area (Å²) >= 11 is 0. The van der Waals surface area contributed by atoms with E-state index in [1.54, 1.807) is 0 Å². The van der Waals surface area contributed by atoms with E-state index >= 15 is 0 Å². The molecule has 1 heterocycles. The fraction of sp³-hybridized carbons (Fsp3) is 0.778. The van der Waals surface area contributed by atoms with Gasteiger partial charge in [-0.15, -0.1) is 0 Å². The van der Waals surface area contributed by atoms with Gasteiger partial charge in [-0.1, -0.05) is 0 Å². The number of methoxy groups -OCH3 is 1. The molecule has 0 spiro atoms. The van der Waals surface area contributed by atoms with Gasteiger partial charge in [0.1, 0.15) is 0 Å². The van der Waals surface area contributed by atoms with Gasteiger partial charge in [0.2, 0.25) is 5.91 Å². The van der Waals surface area contributed by atoms with Crippen LogP contribution in [0.3, 0.4) is 0 Å². The maximum atomic E-state index is 11.5. The normalized spacial score (nSPS) is 22.3. The van der Waals surface area contributed by atoms with E-state index in [1.807, 2.05) is 0 Å². The average Bonchev–Trinajstić information content (AvgIpc) is 2.69. The molecular formula is C9H16N2O4. The summed E-state index contributed by atoms with van der Waals surface area (Å²) in [5.74, 6) is -1.35. The molecule has 1 unspecified atom stereocenters. The van der Waals surface area contributed by atoms with Crippen molar-refractivity contribution in [2.24, 2.45) is 0 Å². The van der Waals surface area contributed by atoms with Crippen LogP contribution in [0.4, 0.5) is 0 Å². The van der Waals surface area contributed by atoms with Crippen LogP contribution in [0.2, 0.25) is 0 Å². The Balaban J connectivity index is 2.42. The van der Waals surface area contributed by atoms with E-state index < -0.39 is 12.0 Å². The third kappa shape index (κ3) is 3.49. The molecule has 15 heavy (non-hydrogen) atoms. The number of ether oxygens (including phenoxy) is 1. The van der Waals surface area contributed by atoms with Crippen molar-refractivity contribution in [3.63, 3.8) is 0 Å². The highest BCUT2D eigenvalue weighted by molar-refractivity contribution is 5.87. The van der Waals surface area contributed by atoms with Crippen molar-refractivity contribution in [3.8, 4) is 0 Å². The van der Waals surface area contributed by atoms with E-state index in [-0.39, 0.29) is 18.6 Å². The maximum Gasteiger partial charge on any atom is 0.328 e. The summed E-state index contributed by atoms with van der Waals surface area (Å²) in [4.78, 5) is 22.3. The summed E-state index contributed by atoms with van der Waals surface area (Å²) in [5.41, 5.74) is 0. The lowest BCUT2D eigenvalue weighted by Gasteiger charge is -2.16. The smallest absolute Gasteiger partial charge is 0.328 e. The number of nitrogens with one attached hydrogen (secondary N) is 2. The first-order valence-corrected chi connectivity index (χ1v) is 4.90. The van der Waals surface area contributed by atoms with Gasteiger partial charge < -0.3 is 20.5 Å². The fourth-order valence-electron chi connectivity index (χ4n) is 1.52. The monoisotopic (exact) mass is 216 g/mol. The number of amides is 1. The van der Waals surface area contributed by atoms with E-state index in [0.717, 1.165) is 19.4 Å². The second kappa shape index (κ2) is 5.67. The zero-order valence-electron chi connectivity index (χ0n) is 8.66. The molecule has 1 fully saturated rings. The van der Waals surface area contributed by atoms with E-state index in [0.29, 0.717) is 0 Å². The Labute approximate surface area is 88.0 Å². The molecule has 1 amide bonds. The van der Waals surface area contributed by atoms with Gasteiger partial charge in [0.15, 0.2) is 6.04 Å². The minimum atomic E-state index is -1.08. The Bertz CT molecular complexity index is 238. The molecule has 1 rings (SSSR count). The Morgan fingerprint density at radius 1 is 1.67 bits per heavy atom. The van der Waals surface area contributed by atoms with E-state index in [1.165, 1.54) is 7.11 Å². The maximum absolute atomic E-state index is 11.5. The van der Waals surface area contributed by atoms with Gasteiger partial charge in [0, 0.05) is 7.11 Å². The first-order chi connectivity index (χ1) is 7.15. The van der Waals surface area contributed by atoms with Gasteiger partial charge in [0.05, 0.1) is 12.6 Å². The highest BCUT2D eigenvalue weighted by Crippen LogP contribution is 2.04. The number of carbonyl (C=O) groups is 2. The minimum Gasteiger partial charge on any atom is -0.480 e. The molecule has 0 bridgehead atoms. The molecule has 0 saturated carbocycles. The highest BCUT2D eigenvalue weighted by atomic mass is 16.5. The number of hydrogen-bond donors (Lipinski definition) is 3. The molecular weight excluding hydrogens is 200 g/mol. The van der Waals surface area contributed by atoms with Gasteiger partial charge >= 0.3 is 5.97 Å². The molecule has 3 N–H and O–H groups in total. The molecule has 0 aromatic carbocycles. The first kappa shape index (κ1) is 11.9. The van der Waals surface area contributed by atoms with E-state index in [4.69, 9.17) is 9.84 Å². The van der Waals surface area contributed by atoms with Gasteiger partial charge in [0.25, 0.3) is 0 Å². The standard InChI is InChI=1S/C9H16N2O4/c1-15-5-7(9(13)14)11-8(12)6-3-2-4-10-6/h6-7,10H,2-5H2,1H3,(H,11,12)(H,13,14)/t6-,7?/m0/s1. The average molecular weight is 216 g/mol.